The third-order valence-electron chi connectivity index (χ3n) is 6.34. The summed E-state index contributed by atoms with van der Waals surface area (Å²) in [6.07, 6.45) is 0.317. The number of aromatic nitrogens is 4. The SMILES string of the molecule is CC(C)c1[nH]n(-c2c(Cl)cc(Cl)cc2Cl)c2nc(Cc3ccc(NC(=O)C4CNCCN4)cc3)nc(=O)c1-2. The molecule has 0 spiro atoms. The molecule has 0 aromatic heterocycles. The highest BCUT2D eigenvalue weighted by molar-refractivity contribution is 6.40. The highest BCUT2D eigenvalue weighted by atomic mass is 35.5. The number of hydrogen-bond acceptors (Lipinski definition) is 6. The number of piperazine rings is 1. The van der Waals surface area contributed by atoms with E-state index in [1.165, 1.54) is 0 Å². The number of halogens is 3. The van der Waals surface area contributed by atoms with E-state index in [1.807, 2.05) is 38.1 Å². The van der Waals surface area contributed by atoms with Gasteiger partial charge in [0.05, 0.1) is 21.8 Å². The lowest BCUT2D eigenvalue weighted by Gasteiger charge is -2.23. The van der Waals surface area contributed by atoms with Crippen LogP contribution in [0.25, 0.3) is 17.1 Å². The Morgan fingerprint density at radius 3 is 2.45 bits per heavy atom. The van der Waals surface area contributed by atoms with E-state index in [2.05, 4.69) is 26.0 Å². The molecule has 0 saturated carbocycles. The van der Waals surface area contributed by atoms with Gasteiger partial charge in [0.15, 0.2) is 5.82 Å². The van der Waals surface area contributed by atoms with Crippen LogP contribution in [0.1, 0.15) is 36.8 Å². The largest absolute Gasteiger partial charge is 0.325 e. The van der Waals surface area contributed by atoms with Crippen LogP contribution in [0.2, 0.25) is 15.1 Å². The molecule has 12 heteroatoms. The van der Waals surface area contributed by atoms with E-state index >= 15 is 0 Å². The van der Waals surface area contributed by atoms with Gasteiger partial charge < -0.3 is 16.0 Å². The summed E-state index contributed by atoms with van der Waals surface area (Å²) < 4.78 is 1.62. The first-order chi connectivity index (χ1) is 18.2. The van der Waals surface area contributed by atoms with Crippen LogP contribution in [0.15, 0.2) is 41.2 Å². The van der Waals surface area contributed by atoms with Crippen LogP contribution in [0.4, 0.5) is 5.69 Å². The quantitative estimate of drug-likeness (QED) is 0.274. The molecule has 1 amide bonds. The number of carbonyl (C=O) groups is 1. The van der Waals surface area contributed by atoms with Crippen molar-refractivity contribution in [3.63, 3.8) is 0 Å². The molecular formula is C26H26Cl3N7O2. The molecule has 0 radical (unpaired) electrons. The summed E-state index contributed by atoms with van der Waals surface area (Å²) in [7, 11) is 0. The molecule has 1 fully saturated rings. The lowest BCUT2D eigenvalue weighted by atomic mass is 10.1. The van der Waals surface area contributed by atoms with Gasteiger partial charge in [0.1, 0.15) is 17.1 Å². The molecule has 9 nitrogen and oxygen atoms in total. The Kier molecular flexibility index (Phi) is 7.74. The lowest BCUT2D eigenvalue weighted by Crippen LogP contribution is -2.54. The summed E-state index contributed by atoms with van der Waals surface area (Å²) >= 11 is 19.1. The van der Waals surface area contributed by atoms with Gasteiger partial charge in [0.2, 0.25) is 5.91 Å². The average molecular weight is 575 g/mol. The Morgan fingerprint density at radius 2 is 1.82 bits per heavy atom. The Morgan fingerprint density at radius 1 is 1.11 bits per heavy atom. The fourth-order valence-electron chi connectivity index (χ4n) is 4.46. The summed E-state index contributed by atoms with van der Waals surface area (Å²) in [5.41, 5.74) is 2.69. The van der Waals surface area contributed by atoms with Crippen LogP contribution < -0.4 is 21.5 Å². The maximum absolute atomic E-state index is 13.2. The number of benzene rings is 2. The van der Waals surface area contributed by atoms with E-state index in [9.17, 15) is 9.59 Å². The Balaban J connectivity index is 1.45. The van der Waals surface area contributed by atoms with Crippen molar-refractivity contribution in [2.24, 2.45) is 0 Å². The Bertz CT molecular complexity index is 1490. The zero-order chi connectivity index (χ0) is 27.0. The van der Waals surface area contributed by atoms with Crippen LogP contribution in [-0.2, 0) is 11.2 Å². The minimum absolute atomic E-state index is 0.00639. The number of aromatic amines is 1. The number of carbonyl (C=O) groups excluding carboxylic acids is 1. The number of nitrogens with one attached hydrogen (secondary N) is 4. The Hall–Kier alpha value is -2.95. The molecule has 0 bridgehead atoms. The van der Waals surface area contributed by atoms with Crippen LogP contribution >= 0.6 is 34.8 Å². The second-order valence-corrected chi connectivity index (χ2v) is 10.7. The molecule has 2 aromatic rings. The first kappa shape index (κ1) is 26.6. The first-order valence-corrected chi connectivity index (χ1v) is 13.3. The molecule has 198 valence electrons. The van der Waals surface area contributed by atoms with E-state index in [0.717, 1.165) is 18.7 Å². The van der Waals surface area contributed by atoms with Crippen molar-refractivity contribution < 1.29 is 4.79 Å². The van der Waals surface area contributed by atoms with Gasteiger partial charge in [-0.05, 0) is 35.7 Å². The summed E-state index contributed by atoms with van der Waals surface area (Å²) in [5, 5.41) is 13.6. The van der Waals surface area contributed by atoms with Crippen molar-refractivity contribution in [3.8, 4) is 17.1 Å². The highest BCUT2D eigenvalue weighted by Crippen LogP contribution is 2.36. The molecule has 2 aromatic carbocycles. The second-order valence-electron chi connectivity index (χ2n) is 9.45. The molecule has 1 atom stereocenters. The van der Waals surface area contributed by atoms with Gasteiger partial charge >= 0.3 is 0 Å². The van der Waals surface area contributed by atoms with E-state index in [0.29, 0.717) is 62.3 Å². The van der Waals surface area contributed by atoms with Crippen LogP contribution in [0, 0.1) is 0 Å². The van der Waals surface area contributed by atoms with Gasteiger partial charge in [-0.1, -0.05) is 60.8 Å². The molecule has 1 unspecified atom stereocenters. The lowest BCUT2D eigenvalue weighted by molar-refractivity contribution is -0.118. The fourth-order valence-corrected chi connectivity index (χ4v) is 5.45. The highest BCUT2D eigenvalue weighted by Gasteiger charge is 2.27. The maximum atomic E-state index is 13.2. The zero-order valence-electron chi connectivity index (χ0n) is 20.7. The van der Waals surface area contributed by atoms with E-state index < -0.39 is 0 Å². The van der Waals surface area contributed by atoms with Crippen LogP contribution in [0.5, 0.6) is 0 Å². The topological polar surface area (TPSA) is 117 Å². The van der Waals surface area contributed by atoms with Gasteiger partial charge in [-0.2, -0.15) is 4.98 Å². The molecule has 3 heterocycles. The molecular weight excluding hydrogens is 549 g/mol. The molecule has 38 heavy (non-hydrogen) atoms. The summed E-state index contributed by atoms with van der Waals surface area (Å²) in [6, 6.07) is 10.3. The monoisotopic (exact) mass is 573 g/mol. The molecule has 0 aliphatic carbocycles. The van der Waals surface area contributed by atoms with Crippen molar-refractivity contribution in [3.05, 3.63) is 78.9 Å². The molecule has 3 aliphatic rings. The number of nitrogens with zero attached hydrogens (tertiary/aromatic N) is 3. The summed E-state index contributed by atoms with van der Waals surface area (Å²) in [4.78, 5) is 34.6. The van der Waals surface area contributed by atoms with Gasteiger partial charge in [0.25, 0.3) is 5.56 Å². The van der Waals surface area contributed by atoms with Crippen molar-refractivity contribution in [2.45, 2.75) is 32.2 Å². The number of amides is 1. The minimum atomic E-state index is -0.387. The van der Waals surface area contributed by atoms with Crippen molar-refractivity contribution in [2.75, 3.05) is 25.0 Å². The average Bonchev–Trinajstić information content (AvgIpc) is 3.25. The van der Waals surface area contributed by atoms with Gasteiger partial charge in [-0.25, -0.2) is 9.67 Å². The molecule has 4 N–H and O–H groups in total. The molecule has 3 aliphatic heterocycles. The fraction of sp³-hybridized carbons (Fsp3) is 0.308. The summed E-state index contributed by atoms with van der Waals surface area (Å²) in [5.74, 6) is 0.633. The van der Waals surface area contributed by atoms with Crippen LogP contribution in [0.3, 0.4) is 0 Å². The second kappa shape index (κ2) is 11.0. The number of anilines is 1. The maximum Gasteiger partial charge on any atom is 0.284 e. The smallest absolute Gasteiger partial charge is 0.284 e. The number of hydrogen-bond donors (Lipinski definition) is 4. The number of H-pyrrole nitrogens is 1. The summed E-state index contributed by atoms with van der Waals surface area (Å²) in [6.45, 7) is 6.12. The zero-order valence-corrected chi connectivity index (χ0v) is 23.0. The third-order valence-corrected chi connectivity index (χ3v) is 7.13. The molecule has 1 saturated heterocycles. The normalized spacial score (nSPS) is 15.8. The van der Waals surface area contributed by atoms with Crippen LogP contribution in [-0.4, -0.2) is 51.3 Å². The van der Waals surface area contributed by atoms with Crippen molar-refractivity contribution >= 4 is 46.4 Å². The Labute approximate surface area is 234 Å². The third kappa shape index (κ3) is 5.43. The van der Waals surface area contributed by atoms with Gasteiger partial charge in [-0.3, -0.25) is 14.7 Å². The van der Waals surface area contributed by atoms with E-state index in [1.54, 1.807) is 16.8 Å². The predicted molar refractivity (Wildman–Crippen MR) is 150 cm³/mol. The standard InChI is InChI=1S/C26H26Cl3N7O2/c1-13(2)22-21-24(36(35-22)23-17(28)10-15(27)11-18(23)29)33-20(34-26(21)38)9-14-3-5-16(6-4-14)32-25(37)19-12-30-7-8-31-19/h3-6,10-11,13,19,30-31,35H,7-9,12H2,1-2H3,(H,32,37). The molecule has 5 rings (SSSR count). The van der Waals surface area contributed by atoms with Crippen molar-refractivity contribution in [1.82, 2.24) is 30.4 Å². The predicted octanol–water partition coefficient (Wildman–Crippen LogP) is 4.23. The minimum Gasteiger partial charge on any atom is -0.325 e. The first-order valence-electron chi connectivity index (χ1n) is 12.2. The number of rotatable bonds is 6. The van der Waals surface area contributed by atoms with Gasteiger partial charge in [-0.15, -0.1) is 0 Å². The van der Waals surface area contributed by atoms with Crippen molar-refractivity contribution in [1.29, 1.82) is 0 Å². The van der Waals surface area contributed by atoms with Gasteiger partial charge in [0, 0.05) is 36.8 Å². The van der Waals surface area contributed by atoms with E-state index in [-0.39, 0.29) is 23.4 Å². The van der Waals surface area contributed by atoms with E-state index in [4.69, 9.17) is 39.8 Å². The number of fused-ring (bicyclic) bond motifs is 1.